The van der Waals surface area contributed by atoms with Crippen LogP contribution >= 0.6 is 34.8 Å². The zero-order valence-electron chi connectivity index (χ0n) is 10.6. The van der Waals surface area contributed by atoms with Gasteiger partial charge in [0.05, 0.1) is 11.3 Å². The van der Waals surface area contributed by atoms with Gasteiger partial charge in [-0.1, -0.05) is 53.9 Å². The van der Waals surface area contributed by atoms with Crippen molar-refractivity contribution in [3.8, 4) is 11.1 Å². The van der Waals surface area contributed by atoms with Crippen LogP contribution in [0, 0.1) is 0 Å². The molecule has 0 amide bonds. The van der Waals surface area contributed by atoms with Gasteiger partial charge >= 0.3 is 0 Å². The van der Waals surface area contributed by atoms with Crippen LogP contribution < -0.4 is 0 Å². The zero-order valence-corrected chi connectivity index (χ0v) is 12.8. The van der Waals surface area contributed by atoms with Crippen molar-refractivity contribution in [3.05, 3.63) is 51.4 Å². The Balaban J connectivity index is 2.30. The highest BCUT2D eigenvalue weighted by atomic mass is 35.5. The Morgan fingerprint density at radius 1 is 1.15 bits per heavy atom. The van der Waals surface area contributed by atoms with Crippen LogP contribution in [-0.4, -0.2) is 14.6 Å². The lowest BCUT2D eigenvalue weighted by Crippen LogP contribution is -1.97. The predicted molar refractivity (Wildman–Crippen MR) is 82.8 cm³/mol. The molecule has 0 saturated carbocycles. The van der Waals surface area contributed by atoms with Gasteiger partial charge in [0.25, 0.3) is 0 Å². The molecule has 2 aromatic heterocycles. The van der Waals surface area contributed by atoms with Crippen molar-refractivity contribution in [2.45, 2.75) is 13.3 Å². The molecule has 3 rings (SSSR count). The lowest BCUT2D eigenvalue weighted by atomic mass is 10.1. The van der Waals surface area contributed by atoms with E-state index in [0.717, 1.165) is 17.7 Å². The normalized spacial score (nSPS) is 11.2. The smallest absolute Gasteiger partial charge is 0.158 e. The quantitative estimate of drug-likeness (QED) is 0.626. The highest BCUT2D eigenvalue weighted by Crippen LogP contribution is 2.35. The molecule has 0 fully saturated rings. The highest BCUT2D eigenvalue weighted by Gasteiger charge is 2.16. The molecule has 20 heavy (non-hydrogen) atoms. The average Bonchev–Trinajstić information content (AvgIpc) is 2.82. The minimum absolute atomic E-state index is 0.340. The predicted octanol–water partition coefficient (Wildman–Crippen LogP) is 4.92. The first-order valence-corrected chi connectivity index (χ1v) is 7.23. The molecule has 0 aliphatic carbocycles. The van der Waals surface area contributed by atoms with Gasteiger partial charge in [-0.15, -0.1) is 0 Å². The molecule has 0 radical (unpaired) electrons. The molecular weight excluding hydrogens is 317 g/mol. The van der Waals surface area contributed by atoms with Crippen molar-refractivity contribution in [2.75, 3.05) is 0 Å². The maximum Gasteiger partial charge on any atom is 0.158 e. The van der Waals surface area contributed by atoms with Crippen molar-refractivity contribution >= 4 is 40.4 Å². The fourth-order valence-corrected chi connectivity index (χ4v) is 2.89. The summed E-state index contributed by atoms with van der Waals surface area (Å²) < 4.78 is 1.60. The maximum absolute atomic E-state index is 6.44. The number of aryl methyl sites for hydroxylation is 1. The van der Waals surface area contributed by atoms with Gasteiger partial charge in [-0.25, -0.2) is 9.50 Å². The Bertz CT molecular complexity index is 796. The summed E-state index contributed by atoms with van der Waals surface area (Å²) >= 11 is 18.7. The summed E-state index contributed by atoms with van der Waals surface area (Å²) in [4.78, 5) is 4.35. The molecule has 0 atom stereocenters. The number of aromatic nitrogens is 3. The van der Waals surface area contributed by atoms with Gasteiger partial charge in [0, 0.05) is 11.1 Å². The van der Waals surface area contributed by atoms with Crippen LogP contribution in [0.25, 0.3) is 16.8 Å². The van der Waals surface area contributed by atoms with Crippen LogP contribution in [0.3, 0.4) is 0 Å². The summed E-state index contributed by atoms with van der Waals surface area (Å²) in [5.41, 5.74) is 3.01. The standard InChI is InChI=1S/C14H10Cl3N3/c1-2-10-7-11-18-13(16)12(14(17)20(11)19-10)8-4-3-5-9(15)6-8/h3-7H,2H2,1H3. The molecule has 3 nitrogen and oxygen atoms in total. The summed E-state index contributed by atoms with van der Waals surface area (Å²) in [5.74, 6) is 0. The number of halogens is 3. The minimum atomic E-state index is 0.340. The zero-order chi connectivity index (χ0) is 14.3. The monoisotopic (exact) mass is 325 g/mol. The fraction of sp³-hybridized carbons (Fsp3) is 0.143. The SMILES string of the molecule is CCc1cc2nc(Cl)c(-c3cccc(Cl)c3)c(Cl)n2n1. The first kappa shape index (κ1) is 13.7. The first-order chi connectivity index (χ1) is 9.60. The number of benzene rings is 1. The van der Waals surface area contributed by atoms with Gasteiger partial charge in [0.1, 0.15) is 10.3 Å². The van der Waals surface area contributed by atoms with Gasteiger partial charge in [0.2, 0.25) is 0 Å². The van der Waals surface area contributed by atoms with E-state index in [4.69, 9.17) is 34.8 Å². The van der Waals surface area contributed by atoms with Crippen molar-refractivity contribution in [2.24, 2.45) is 0 Å². The molecule has 0 unspecified atom stereocenters. The largest absolute Gasteiger partial charge is 0.216 e. The number of hydrogen-bond acceptors (Lipinski definition) is 2. The van der Waals surface area contributed by atoms with Crippen molar-refractivity contribution < 1.29 is 0 Å². The molecule has 3 aromatic rings. The summed E-state index contributed by atoms with van der Waals surface area (Å²) in [5, 5.41) is 5.80. The lowest BCUT2D eigenvalue weighted by Gasteiger charge is -2.08. The Kier molecular flexibility index (Phi) is 3.59. The highest BCUT2D eigenvalue weighted by molar-refractivity contribution is 6.38. The Morgan fingerprint density at radius 3 is 2.65 bits per heavy atom. The van der Waals surface area contributed by atoms with Crippen molar-refractivity contribution in [1.29, 1.82) is 0 Å². The Morgan fingerprint density at radius 2 is 1.95 bits per heavy atom. The molecule has 0 saturated heterocycles. The summed E-state index contributed by atoms with van der Waals surface area (Å²) in [7, 11) is 0. The second-order valence-corrected chi connectivity index (χ2v) is 5.49. The third-order valence-corrected chi connectivity index (χ3v) is 3.89. The van der Waals surface area contributed by atoms with Crippen LogP contribution in [0.5, 0.6) is 0 Å². The maximum atomic E-state index is 6.44. The van der Waals surface area contributed by atoms with E-state index in [1.807, 2.05) is 25.1 Å². The van der Waals surface area contributed by atoms with Crippen molar-refractivity contribution in [1.82, 2.24) is 14.6 Å². The average molecular weight is 327 g/mol. The number of nitrogens with zero attached hydrogens (tertiary/aromatic N) is 3. The molecule has 0 aliphatic rings. The van der Waals surface area contributed by atoms with Crippen LogP contribution in [0.15, 0.2) is 30.3 Å². The first-order valence-electron chi connectivity index (χ1n) is 6.09. The second kappa shape index (κ2) is 5.24. The molecule has 0 aliphatic heterocycles. The number of hydrogen-bond donors (Lipinski definition) is 0. The van der Waals surface area contributed by atoms with E-state index >= 15 is 0 Å². The Labute approximate surface area is 131 Å². The second-order valence-electron chi connectivity index (χ2n) is 4.34. The van der Waals surface area contributed by atoms with Gasteiger partial charge in [-0.2, -0.15) is 5.10 Å². The van der Waals surface area contributed by atoms with Crippen LogP contribution in [0.1, 0.15) is 12.6 Å². The van der Waals surface area contributed by atoms with E-state index in [-0.39, 0.29) is 0 Å². The molecule has 2 heterocycles. The van der Waals surface area contributed by atoms with E-state index < -0.39 is 0 Å². The van der Waals surface area contributed by atoms with Gasteiger partial charge < -0.3 is 0 Å². The van der Waals surface area contributed by atoms with Gasteiger partial charge in [-0.05, 0) is 24.1 Å². The van der Waals surface area contributed by atoms with Gasteiger partial charge in [-0.3, -0.25) is 0 Å². The third-order valence-electron chi connectivity index (χ3n) is 3.03. The van der Waals surface area contributed by atoms with E-state index in [1.54, 1.807) is 16.6 Å². The molecular formula is C14H10Cl3N3. The molecule has 1 aromatic carbocycles. The lowest BCUT2D eigenvalue weighted by molar-refractivity contribution is 0.889. The molecule has 0 bridgehead atoms. The van der Waals surface area contributed by atoms with Crippen LogP contribution in [0.2, 0.25) is 15.3 Å². The van der Waals surface area contributed by atoms with E-state index in [1.165, 1.54) is 0 Å². The van der Waals surface area contributed by atoms with E-state index in [2.05, 4.69) is 10.1 Å². The summed E-state index contributed by atoms with van der Waals surface area (Å²) in [6.07, 6.45) is 0.809. The Hall–Kier alpha value is -1.29. The summed E-state index contributed by atoms with van der Waals surface area (Å²) in [6.45, 7) is 2.02. The van der Waals surface area contributed by atoms with Crippen molar-refractivity contribution in [3.63, 3.8) is 0 Å². The van der Waals surface area contributed by atoms with Crippen LogP contribution in [-0.2, 0) is 6.42 Å². The minimum Gasteiger partial charge on any atom is -0.216 e. The van der Waals surface area contributed by atoms with Gasteiger partial charge in [0.15, 0.2) is 5.65 Å². The number of fused-ring (bicyclic) bond motifs is 1. The van der Waals surface area contributed by atoms with Crippen LogP contribution in [0.4, 0.5) is 0 Å². The molecule has 0 N–H and O–H groups in total. The third kappa shape index (κ3) is 2.26. The van der Waals surface area contributed by atoms with E-state index in [0.29, 0.717) is 26.5 Å². The fourth-order valence-electron chi connectivity index (χ4n) is 2.05. The molecule has 6 heteroatoms. The molecule has 102 valence electrons. The number of rotatable bonds is 2. The van der Waals surface area contributed by atoms with E-state index in [9.17, 15) is 0 Å². The topological polar surface area (TPSA) is 30.2 Å². The molecule has 0 spiro atoms. The summed E-state index contributed by atoms with van der Waals surface area (Å²) in [6, 6.07) is 9.19.